The zero-order valence-electron chi connectivity index (χ0n) is 14.0. The number of hydrogen-bond donors (Lipinski definition) is 0. The van der Waals surface area contributed by atoms with Gasteiger partial charge in [0.05, 0.1) is 18.8 Å². The van der Waals surface area contributed by atoms with Crippen LogP contribution in [0.4, 0.5) is 5.69 Å². The second kappa shape index (κ2) is 6.56. The molecule has 1 heterocycles. The minimum Gasteiger partial charge on any atom is -0.295 e. The van der Waals surface area contributed by atoms with Crippen molar-refractivity contribution >= 4 is 5.69 Å². The van der Waals surface area contributed by atoms with Gasteiger partial charge in [0.1, 0.15) is 0 Å². The topological polar surface area (TPSA) is 31.2 Å². The molecule has 21 heavy (non-hydrogen) atoms. The molecule has 4 heteroatoms. The fourth-order valence-corrected chi connectivity index (χ4v) is 2.52. The Bertz CT molecular complexity index is 480. The maximum absolute atomic E-state index is 4.40. The molecule has 0 amide bonds. The molecule has 4 nitrogen and oxygen atoms in total. The average molecular weight is 288 g/mol. The van der Waals surface area contributed by atoms with E-state index in [4.69, 9.17) is 0 Å². The molecule has 1 fully saturated rings. The molecule has 0 saturated carbocycles. The first-order chi connectivity index (χ1) is 9.86. The lowest BCUT2D eigenvalue weighted by atomic mass is 10.0. The summed E-state index contributed by atoms with van der Waals surface area (Å²) < 4.78 is 0. The number of nitrogens with zero attached hydrogens (tertiary/aromatic N) is 4. The lowest BCUT2D eigenvalue weighted by molar-refractivity contribution is 0.0602. The van der Waals surface area contributed by atoms with Crippen LogP contribution in [-0.2, 0) is 0 Å². The third-order valence-corrected chi connectivity index (χ3v) is 4.03. The van der Waals surface area contributed by atoms with Crippen molar-refractivity contribution in [2.75, 3.05) is 26.2 Å². The molecule has 116 valence electrons. The summed E-state index contributed by atoms with van der Waals surface area (Å²) >= 11 is 0. The zero-order chi connectivity index (χ0) is 15.5. The molecule has 1 aromatic carbocycles. The first-order valence-corrected chi connectivity index (χ1v) is 7.88. The molecule has 0 aliphatic carbocycles. The van der Waals surface area contributed by atoms with Gasteiger partial charge in [0.25, 0.3) is 0 Å². The molecule has 0 atom stereocenters. The Morgan fingerprint density at radius 2 is 1.71 bits per heavy atom. The fourth-order valence-electron chi connectivity index (χ4n) is 2.52. The highest BCUT2D eigenvalue weighted by atomic mass is 15.6. The normalized spacial score (nSPS) is 17.9. The monoisotopic (exact) mass is 288 g/mol. The Morgan fingerprint density at radius 3 is 2.29 bits per heavy atom. The van der Waals surface area contributed by atoms with Crippen LogP contribution in [0.25, 0.3) is 0 Å². The van der Waals surface area contributed by atoms with Crippen molar-refractivity contribution in [2.24, 2.45) is 10.3 Å². The summed E-state index contributed by atoms with van der Waals surface area (Å²) in [7, 11) is 0. The fraction of sp³-hybridized carbons (Fsp3) is 0.647. The van der Waals surface area contributed by atoms with E-state index in [-0.39, 0.29) is 5.54 Å². The van der Waals surface area contributed by atoms with Crippen molar-refractivity contribution in [3.05, 3.63) is 29.8 Å². The summed E-state index contributed by atoms with van der Waals surface area (Å²) in [6, 6.07) is 8.34. The second-order valence-corrected chi connectivity index (χ2v) is 7.05. The van der Waals surface area contributed by atoms with E-state index in [9.17, 15) is 0 Å². The smallest absolute Gasteiger partial charge is 0.0877 e. The molecule has 0 bridgehead atoms. The van der Waals surface area contributed by atoms with Crippen LogP contribution in [-0.4, -0.2) is 41.6 Å². The van der Waals surface area contributed by atoms with Gasteiger partial charge >= 0.3 is 0 Å². The van der Waals surface area contributed by atoms with Crippen LogP contribution < -0.4 is 0 Å². The SMILES string of the molecule is CC(C)c1cccc(N=NN2CCN(C(C)(C)C)CC2)c1. The van der Waals surface area contributed by atoms with Crippen molar-refractivity contribution in [3.63, 3.8) is 0 Å². The Kier molecular flexibility index (Phi) is 4.99. The highest BCUT2D eigenvalue weighted by Crippen LogP contribution is 2.21. The molecule has 0 N–H and O–H groups in total. The van der Waals surface area contributed by atoms with E-state index < -0.39 is 0 Å². The third kappa shape index (κ3) is 4.53. The van der Waals surface area contributed by atoms with Gasteiger partial charge in [-0.2, -0.15) is 0 Å². The maximum atomic E-state index is 4.40. The van der Waals surface area contributed by atoms with Crippen LogP contribution in [0.15, 0.2) is 34.6 Å². The van der Waals surface area contributed by atoms with E-state index in [0.29, 0.717) is 5.92 Å². The van der Waals surface area contributed by atoms with Crippen LogP contribution in [0.2, 0.25) is 0 Å². The van der Waals surface area contributed by atoms with Gasteiger partial charge in [-0.3, -0.25) is 9.91 Å². The highest BCUT2D eigenvalue weighted by molar-refractivity contribution is 5.40. The van der Waals surface area contributed by atoms with E-state index in [1.165, 1.54) is 5.56 Å². The van der Waals surface area contributed by atoms with E-state index in [0.717, 1.165) is 31.9 Å². The quantitative estimate of drug-likeness (QED) is 0.780. The van der Waals surface area contributed by atoms with Gasteiger partial charge < -0.3 is 0 Å². The Hall–Kier alpha value is -1.42. The molecule has 1 aliphatic heterocycles. The van der Waals surface area contributed by atoms with Crippen LogP contribution in [0, 0.1) is 0 Å². The number of hydrogen-bond acceptors (Lipinski definition) is 3. The Labute approximate surface area is 128 Å². The second-order valence-electron chi connectivity index (χ2n) is 7.05. The molecule has 1 aromatic rings. The van der Waals surface area contributed by atoms with Crippen LogP contribution in [0.3, 0.4) is 0 Å². The zero-order valence-corrected chi connectivity index (χ0v) is 14.0. The molecule has 0 unspecified atom stereocenters. The molecule has 1 saturated heterocycles. The minimum absolute atomic E-state index is 0.245. The molecule has 2 rings (SSSR count). The first kappa shape index (κ1) is 16.0. The Balaban J connectivity index is 1.93. The van der Waals surface area contributed by atoms with E-state index >= 15 is 0 Å². The minimum atomic E-state index is 0.245. The van der Waals surface area contributed by atoms with Crippen LogP contribution in [0.1, 0.15) is 46.1 Å². The number of piperazine rings is 1. The third-order valence-electron chi connectivity index (χ3n) is 4.03. The van der Waals surface area contributed by atoms with Gasteiger partial charge in [-0.15, -0.1) is 5.11 Å². The number of rotatable bonds is 3. The predicted molar refractivity (Wildman–Crippen MR) is 87.9 cm³/mol. The largest absolute Gasteiger partial charge is 0.295 e. The van der Waals surface area contributed by atoms with Crippen molar-refractivity contribution in [2.45, 2.75) is 46.1 Å². The highest BCUT2D eigenvalue weighted by Gasteiger charge is 2.25. The maximum Gasteiger partial charge on any atom is 0.0877 e. The van der Waals surface area contributed by atoms with Gasteiger partial charge in [-0.1, -0.05) is 31.2 Å². The summed E-state index contributed by atoms with van der Waals surface area (Å²) in [6.07, 6.45) is 0. The van der Waals surface area contributed by atoms with Crippen molar-refractivity contribution in [1.29, 1.82) is 0 Å². The first-order valence-electron chi connectivity index (χ1n) is 7.88. The molecule has 1 aliphatic rings. The van der Waals surface area contributed by atoms with Crippen molar-refractivity contribution in [3.8, 4) is 0 Å². The van der Waals surface area contributed by atoms with Crippen molar-refractivity contribution in [1.82, 2.24) is 9.91 Å². The van der Waals surface area contributed by atoms with E-state index in [1.54, 1.807) is 0 Å². The van der Waals surface area contributed by atoms with E-state index in [2.05, 4.69) is 73.1 Å². The summed E-state index contributed by atoms with van der Waals surface area (Å²) in [5, 5.41) is 10.9. The van der Waals surface area contributed by atoms with Crippen molar-refractivity contribution < 1.29 is 0 Å². The molecule has 0 radical (unpaired) electrons. The number of benzene rings is 1. The molecular weight excluding hydrogens is 260 g/mol. The van der Waals surface area contributed by atoms with Crippen LogP contribution in [0.5, 0.6) is 0 Å². The Morgan fingerprint density at radius 1 is 1.05 bits per heavy atom. The van der Waals surface area contributed by atoms with E-state index in [1.807, 2.05) is 6.07 Å². The lowest BCUT2D eigenvalue weighted by Crippen LogP contribution is -2.52. The van der Waals surface area contributed by atoms with Gasteiger partial charge in [-0.25, -0.2) is 0 Å². The van der Waals surface area contributed by atoms with Crippen LogP contribution >= 0.6 is 0 Å². The average Bonchev–Trinajstić information content (AvgIpc) is 2.45. The van der Waals surface area contributed by atoms with Gasteiger partial charge in [0.15, 0.2) is 0 Å². The summed E-state index contributed by atoms with van der Waals surface area (Å²) in [5.41, 5.74) is 2.50. The summed E-state index contributed by atoms with van der Waals surface area (Å²) in [5.74, 6) is 0.524. The predicted octanol–water partition coefficient (Wildman–Crippen LogP) is 4.22. The summed E-state index contributed by atoms with van der Waals surface area (Å²) in [4.78, 5) is 2.50. The van der Waals surface area contributed by atoms with Gasteiger partial charge in [0, 0.05) is 18.6 Å². The molecule has 0 spiro atoms. The van der Waals surface area contributed by atoms with Gasteiger partial charge in [-0.05, 0) is 44.4 Å². The standard InChI is InChI=1S/C17H28N4/c1-14(2)15-7-6-8-16(13-15)18-19-21-11-9-20(10-12-21)17(3,4)5/h6-8,13-14H,9-12H2,1-5H3. The molecule has 0 aromatic heterocycles. The van der Waals surface area contributed by atoms with Gasteiger partial charge in [0.2, 0.25) is 0 Å². The lowest BCUT2D eigenvalue weighted by Gasteiger charge is -2.40. The molecular formula is C17H28N4. The summed E-state index contributed by atoms with van der Waals surface area (Å²) in [6.45, 7) is 15.2.